The van der Waals surface area contributed by atoms with Crippen molar-refractivity contribution >= 4 is 12.1 Å². The third kappa shape index (κ3) is 3.07. The zero-order valence-electron chi connectivity index (χ0n) is 11.0. The number of methoxy groups -OCH3 is 1. The summed E-state index contributed by atoms with van der Waals surface area (Å²) in [7, 11) is 1.23. The number of aldehydes is 1. The lowest BCUT2D eigenvalue weighted by Gasteiger charge is -2.33. The van der Waals surface area contributed by atoms with Crippen molar-refractivity contribution in [2.75, 3.05) is 13.7 Å². The van der Waals surface area contributed by atoms with Crippen molar-refractivity contribution in [1.82, 2.24) is 0 Å². The number of aliphatic hydroxyl groups excluding tert-OH is 2. The topological polar surface area (TPSA) is 83.8 Å². The number of carbonyl (C=O) groups excluding carboxylic acids is 2. The Bertz CT molecular complexity index is 457. The third-order valence-electron chi connectivity index (χ3n) is 3.13. The predicted molar refractivity (Wildman–Crippen MR) is 69.0 cm³/mol. The zero-order chi connectivity index (χ0) is 14.5. The van der Waals surface area contributed by atoms with Crippen LogP contribution in [0.5, 0.6) is 0 Å². The van der Waals surface area contributed by atoms with Gasteiger partial charge in [-0.25, -0.2) is 0 Å². The van der Waals surface area contributed by atoms with E-state index in [4.69, 9.17) is 9.84 Å². The van der Waals surface area contributed by atoms with Crippen LogP contribution in [-0.4, -0.2) is 47.7 Å². The highest BCUT2D eigenvalue weighted by Crippen LogP contribution is 2.25. The van der Waals surface area contributed by atoms with Crippen LogP contribution in [0.2, 0.25) is 0 Å². The molecule has 2 atom stereocenters. The SMILES string of the molecule is CO[C@](CC=O)(C(=O)c1cccc(C)c1)[C@H](O)CO. The molecule has 5 nitrogen and oxygen atoms in total. The zero-order valence-corrected chi connectivity index (χ0v) is 11.0. The monoisotopic (exact) mass is 266 g/mol. The minimum atomic E-state index is -1.75. The molecule has 0 aliphatic rings. The van der Waals surface area contributed by atoms with E-state index in [1.807, 2.05) is 13.0 Å². The van der Waals surface area contributed by atoms with Gasteiger partial charge in [-0.1, -0.05) is 23.8 Å². The standard InChI is InChI=1S/C14H18O5/c1-10-4-3-5-11(8-10)13(18)14(19-2,6-7-15)12(17)9-16/h3-5,7-8,12,16-17H,6,9H2,1-2H3/t12-,14+/m1/s1. The molecule has 0 aromatic heterocycles. The van der Waals surface area contributed by atoms with Crippen LogP contribution in [0, 0.1) is 6.92 Å². The summed E-state index contributed by atoms with van der Waals surface area (Å²) < 4.78 is 5.10. The number of ketones is 1. The van der Waals surface area contributed by atoms with E-state index in [-0.39, 0.29) is 6.42 Å². The van der Waals surface area contributed by atoms with Crippen LogP contribution in [0.3, 0.4) is 0 Å². The van der Waals surface area contributed by atoms with E-state index in [0.717, 1.165) is 5.56 Å². The molecule has 0 bridgehead atoms. The van der Waals surface area contributed by atoms with Gasteiger partial charge in [0.25, 0.3) is 0 Å². The van der Waals surface area contributed by atoms with E-state index < -0.39 is 24.1 Å². The molecule has 1 aromatic carbocycles. The van der Waals surface area contributed by atoms with Crippen LogP contribution >= 0.6 is 0 Å². The van der Waals surface area contributed by atoms with Gasteiger partial charge in [-0.15, -0.1) is 0 Å². The van der Waals surface area contributed by atoms with Gasteiger partial charge in [0.1, 0.15) is 12.4 Å². The molecular formula is C14H18O5. The highest BCUT2D eigenvalue weighted by Gasteiger charge is 2.45. The highest BCUT2D eigenvalue weighted by atomic mass is 16.5. The number of carbonyl (C=O) groups is 2. The summed E-state index contributed by atoms with van der Waals surface area (Å²) >= 11 is 0. The minimum absolute atomic E-state index is 0.321. The summed E-state index contributed by atoms with van der Waals surface area (Å²) in [6.45, 7) is 1.16. The van der Waals surface area contributed by atoms with Gasteiger partial charge in [0.15, 0.2) is 11.4 Å². The van der Waals surface area contributed by atoms with Gasteiger partial charge in [0.2, 0.25) is 0 Å². The van der Waals surface area contributed by atoms with Gasteiger partial charge >= 0.3 is 0 Å². The van der Waals surface area contributed by atoms with Crippen molar-refractivity contribution < 1.29 is 24.5 Å². The molecule has 5 heteroatoms. The van der Waals surface area contributed by atoms with Gasteiger partial charge in [0.05, 0.1) is 6.61 Å². The molecule has 19 heavy (non-hydrogen) atoms. The van der Waals surface area contributed by atoms with Crippen LogP contribution in [0.4, 0.5) is 0 Å². The highest BCUT2D eigenvalue weighted by molar-refractivity contribution is 6.04. The second kappa shape index (κ2) is 6.56. The van der Waals surface area contributed by atoms with Crippen LogP contribution in [-0.2, 0) is 9.53 Å². The minimum Gasteiger partial charge on any atom is -0.394 e. The average Bonchev–Trinajstić information content (AvgIpc) is 2.43. The van der Waals surface area contributed by atoms with E-state index in [2.05, 4.69) is 0 Å². The second-order valence-corrected chi connectivity index (χ2v) is 4.36. The summed E-state index contributed by atoms with van der Waals surface area (Å²) in [4.78, 5) is 23.3. The molecule has 0 fully saturated rings. The fraction of sp³-hybridized carbons (Fsp3) is 0.429. The van der Waals surface area contributed by atoms with Crippen LogP contribution in [0.25, 0.3) is 0 Å². The number of aliphatic hydroxyl groups is 2. The average molecular weight is 266 g/mol. The van der Waals surface area contributed by atoms with Gasteiger partial charge in [-0.3, -0.25) is 4.79 Å². The molecule has 1 rings (SSSR count). The summed E-state index contributed by atoms with van der Waals surface area (Å²) in [6, 6.07) is 6.76. The van der Waals surface area contributed by atoms with Crippen molar-refractivity contribution in [3.63, 3.8) is 0 Å². The van der Waals surface area contributed by atoms with E-state index in [1.54, 1.807) is 18.2 Å². The first-order chi connectivity index (χ1) is 9.01. The fourth-order valence-electron chi connectivity index (χ4n) is 1.99. The maximum absolute atomic E-state index is 12.5. The van der Waals surface area contributed by atoms with Gasteiger partial charge in [-0.05, 0) is 13.0 Å². The van der Waals surface area contributed by atoms with Crippen LogP contribution in [0.15, 0.2) is 24.3 Å². The Balaban J connectivity index is 3.24. The Morgan fingerprint density at radius 2 is 2.21 bits per heavy atom. The molecule has 1 aromatic rings. The van der Waals surface area contributed by atoms with Crippen molar-refractivity contribution in [2.45, 2.75) is 25.0 Å². The fourth-order valence-corrected chi connectivity index (χ4v) is 1.99. The third-order valence-corrected chi connectivity index (χ3v) is 3.13. The molecule has 0 heterocycles. The molecule has 104 valence electrons. The lowest BCUT2D eigenvalue weighted by molar-refractivity contribution is -0.123. The first-order valence-corrected chi connectivity index (χ1v) is 5.91. The summed E-state index contributed by atoms with van der Waals surface area (Å²) in [5.41, 5.74) is -0.541. The molecule has 0 saturated heterocycles. The van der Waals surface area contributed by atoms with Crippen molar-refractivity contribution in [2.24, 2.45) is 0 Å². The molecule has 0 aliphatic carbocycles. The molecule has 0 spiro atoms. The summed E-state index contributed by atoms with van der Waals surface area (Å²) in [5.74, 6) is -0.521. The smallest absolute Gasteiger partial charge is 0.197 e. The lowest BCUT2D eigenvalue weighted by atomic mass is 9.84. The number of aryl methyl sites for hydroxylation is 1. The second-order valence-electron chi connectivity index (χ2n) is 4.36. The van der Waals surface area contributed by atoms with Gasteiger partial charge in [0, 0.05) is 19.1 Å². The van der Waals surface area contributed by atoms with Crippen LogP contribution < -0.4 is 0 Å². The van der Waals surface area contributed by atoms with Gasteiger partial charge < -0.3 is 19.7 Å². The number of hydrogen-bond acceptors (Lipinski definition) is 5. The number of ether oxygens (including phenoxy) is 1. The quantitative estimate of drug-likeness (QED) is 0.555. The molecule has 2 N–H and O–H groups in total. The van der Waals surface area contributed by atoms with Crippen LogP contribution in [0.1, 0.15) is 22.3 Å². The van der Waals surface area contributed by atoms with E-state index >= 15 is 0 Å². The Labute approximate surface area is 111 Å². The van der Waals surface area contributed by atoms with Gasteiger partial charge in [-0.2, -0.15) is 0 Å². The van der Waals surface area contributed by atoms with E-state index in [9.17, 15) is 14.7 Å². The number of benzene rings is 1. The maximum atomic E-state index is 12.5. The number of hydrogen-bond donors (Lipinski definition) is 2. The number of Topliss-reactive ketones (excluding diaryl/α,β-unsaturated/α-hetero) is 1. The summed E-state index contributed by atoms with van der Waals surface area (Å²) in [6.07, 6.45) is -1.29. The molecular weight excluding hydrogens is 248 g/mol. The van der Waals surface area contributed by atoms with Crippen molar-refractivity contribution in [1.29, 1.82) is 0 Å². The summed E-state index contributed by atoms with van der Waals surface area (Å²) in [5, 5.41) is 18.9. The van der Waals surface area contributed by atoms with E-state index in [0.29, 0.717) is 11.8 Å². The Morgan fingerprint density at radius 3 is 2.68 bits per heavy atom. The predicted octanol–water partition coefficient (Wildman–Crippen LogP) is 0.505. The first kappa shape index (κ1) is 15.5. The molecule has 0 aliphatic heterocycles. The normalized spacial score (nSPS) is 15.6. The van der Waals surface area contributed by atoms with Crippen molar-refractivity contribution in [3.8, 4) is 0 Å². The number of rotatable bonds is 7. The first-order valence-electron chi connectivity index (χ1n) is 5.91. The largest absolute Gasteiger partial charge is 0.394 e. The Kier molecular flexibility index (Phi) is 5.35. The molecule has 0 radical (unpaired) electrons. The Morgan fingerprint density at radius 1 is 1.53 bits per heavy atom. The maximum Gasteiger partial charge on any atom is 0.197 e. The lowest BCUT2D eigenvalue weighted by Crippen LogP contribution is -2.53. The molecule has 0 saturated carbocycles. The van der Waals surface area contributed by atoms with E-state index in [1.165, 1.54) is 7.11 Å². The molecule has 0 amide bonds. The molecule has 0 unspecified atom stereocenters. The van der Waals surface area contributed by atoms with Crippen molar-refractivity contribution in [3.05, 3.63) is 35.4 Å². The Hall–Kier alpha value is -1.56.